The van der Waals surface area contributed by atoms with Crippen molar-refractivity contribution in [1.29, 1.82) is 0 Å². The van der Waals surface area contributed by atoms with Gasteiger partial charge in [0.15, 0.2) is 11.4 Å². The van der Waals surface area contributed by atoms with Gasteiger partial charge in [-0.3, -0.25) is 4.79 Å². The van der Waals surface area contributed by atoms with E-state index in [0.29, 0.717) is 23.3 Å². The van der Waals surface area contributed by atoms with Gasteiger partial charge >= 0.3 is 71.1 Å². The Labute approximate surface area is 502 Å². The predicted molar refractivity (Wildman–Crippen MR) is 259 cm³/mol. The summed E-state index contributed by atoms with van der Waals surface area (Å²) in [5.74, 6) is 0.100. The summed E-state index contributed by atoms with van der Waals surface area (Å²) in [5.41, 5.74) is 11.0. The van der Waals surface area contributed by atoms with E-state index in [2.05, 4.69) is 67.8 Å². The van der Waals surface area contributed by atoms with Crippen molar-refractivity contribution in [3.8, 4) is 45.6 Å². The molecule has 19 nitrogen and oxygen atoms in total. The van der Waals surface area contributed by atoms with Crippen molar-refractivity contribution < 1.29 is 146 Å². The van der Waals surface area contributed by atoms with Gasteiger partial charge in [-0.05, 0) is 88.8 Å². The molecule has 0 saturated carbocycles. The number of aromatic nitrogens is 10. The molecule has 8 rings (SSSR count). The Balaban J connectivity index is -0.000000423. The normalized spacial score (nSPS) is 8.99. The minimum Gasteiger partial charge on any atom is -1.00 e. The first-order chi connectivity index (χ1) is 33.7. The molecular weight excluding hydrogens is 1330 g/mol. The smallest absolute Gasteiger partial charge is 1.00 e. The molecule has 4 aromatic heterocycles. The molecule has 74 heavy (non-hydrogen) atoms. The molecule has 0 bridgehead atoms. The Morgan fingerprint density at radius 3 is 0.986 bits per heavy atom. The number of hydrogen-bond acceptors (Lipinski definition) is 17. The molecule has 0 fully saturated rings. The largest absolute Gasteiger partial charge is 1.00 e. The van der Waals surface area contributed by atoms with Crippen LogP contribution in [0.25, 0.3) is 45.6 Å². The van der Waals surface area contributed by atoms with E-state index >= 15 is 0 Å². The second-order valence-electron chi connectivity index (χ2n) is 14.0. The summed E-state index contributed by atoms with van der Waals surface area (Å²) < 4.78 is 0. The number of carboxylic acid groups (broad SMARTS) is 2. The predicted octanol–water partition coefficient (Wildman–Crippen LogP) is 0.596. The number of aromatic carboxylic acids is 2. The van der Waals surface area contributed by atoms with Crippen LogP contribution in [-0.2, 0) is 49.9 Å². The van der Waals surface area contributed by atoms with Crippen LogP contribution < -0.4 is 64.4 Å². The zero-order valence-electron chi connectivity index (χ0n) is 43.9. The van der Waals surface area contributed by atoms with Gasteiger partial charge in [0.05, 0.1) is 0 Å². The van der Waals surface area contributed by atoms with E-state index in [1.54, 1.807) is 13.8 Å². The van der Waals surface area contributed by atoms with Crippen LogP contribution in [0.1, 0.15) is 67.2 Å². The first-order valence-electron chi connectivity index (χ1n) is 20.8. The fourth-order valence-electron chi connectivity index (χ4n) is 5.69. The number of benzene rings is 4. The monoisotopic (exact) mass is 1380 g/mol. The van der Waals surface area contributed by atoms with Crippen molar-refractivity contribution in [2.45, 2.75) is 55.4 Å². The molecule has 8 aromatic rings. The van der Waals surface area contributed by atoms with E-state index in [9.17, 15) is 9.59 Å². The maximum Gasteiger partial charge on any atom is 1.00 e. The Kier molecular flexibility index (Phi) is 39.4. The third-order valence-electron chi connectivity index (χ3n) is 9.97. The quantitative estimate of drug-likeness (QED) is 0.0558. The summed E-state index contributed by atoms with van der Waals surface area (Å²) in [7, 11) is 2.00. The van der Waals surface area contributed by atoms with Crippen molar-refractivity contribution in [1.82, 2.24) is 50.8 Å². The summed E-state index contributed by atoms with van der Waals surface area (Å²) in [5, 5.41) is 72.7. The molecule has 0 atom stereocenters. The molecule has 0 unspecified atom stereocenters. The van der Waals surface area contributed by atoms with Crippen LogP contribution in [0, 0.1) is 67.5 Å². The van der Waals surface area contributed by atoms with Gasteiger partial charge in [0.1, 0.15) is 11.6 Å². The van der Waals surface area contributed by atoms with Gasteiger partial charge in [0.2, 0.25) is 11.6 Å². The Bertz CT molecular complexity index is 2550. The summed E-state index contributed by atoms with van der Waals surface area (Å²) in [6.07, 6.45) is 0. The van der Waals surface area contributed by atoms with Gasteiger partial charge in [-0.2, -0.15) is 20.4 Å². The maximum absolute atomic E-state index is 10.8. The van der Waals surface area contributed by atoms with Crippen LogP contribution in [0.15, 0.2) is 109 Å². The molecule has 0 aliphatic heterocycles. The summed E-state index contributed by atoms with van der Waals surface area (Å²) in [6.45, 7) is 14.8. The number of nitrogens with zero attached hydrogens (tertiary/aromatic N) is 10. The Hall–Kier alpha value is -5.35. The molecule has 2 radical (unpaired) electrons. The minimum atomic E-state index is -0.955. The Morgan fingerprint density at radius 1 is 0.473 bits per heavy atom. The van der Waals surface area contributed by atoms with Crippen molar-refractivity contribution in [2.75, 3.05) is 14.2 Å². The van der Waals surface area contributed by atoms with Gasteiger partial charge < -0.3 is 32.0 Å². The van der Waals surface area contributed by atoms with Crippen LogP contribution >= 0.6 is 0 Å². The first kappa shape index (κ1) is 72.9. The molecule has 0 spiro atoms. The third kappa shape index (κ3) is 23.0. The van der Waals surface area contributed by atoms with Crippen molar-refractivity contribution >= 4 is 18.4 Å². The van der Waals surface area contributed by atoms with Gasteiger partial charge in [0, 0.05) is 76.9 Å². The van der Waals surface area contributed by atoms with Crippen molar-refractivity contribution in [2.24, 2.45) is 0 Å². The Morgan fingerprint density at radius 2 is 0.743 bits per heavy atom. The molecular formula is C51H54Ir2N10Na2O9-2. The van der Waals surface area contributed by atoms with Crippen molar-refractivity contribution in [3.63, 3.8) is 0 Å². The standard InChI is InChI=1S/2C14H9N4.2C10H13NO2.CH2O3.2CH4O.2Ir.2Na.H/c2*1-3-7-11(8-4-1)13-15-17-14(18-16-13)12-9-5-2-6-10-12;2*1-5-6(2)8(4)11-9(7(5)3)10(12)13;2-1-4-3;2*1-2;;;;;/h2*1-9H;2*1-4H3,(H,12,13);1,3H;2*2H,1H3;;;;;/q2*-1;;;;;;;;2*+1;-1/p-1. The van der Waals surface area contributed by atoms with Crippen LogP contribution in [0.4, 0.5) is 0 Å². The summed E-state index contributed by atoms with van der Waals surface area (Å²) >= 11 is 0. The minimum absolute atomic E-state index is 0. The second kappa shape index (κ2) is 40.0. The van der Waals surface area contributed by atoms with Crippen LogP contribution in [-0.4, -0.2) is 104 Å². The topological polar surface area (TPSA) is 293 Å². The average Bonchev–Trinajstić information content (AvgIpc) is 3.42. The SMILES string of the molecule is CO.CO.Cc1nc(C(=O)O)c(C)c(C)c1C.Cc1nc(C(=O)O)c(C)c(C)c1C.O=CO[O-].[H-].[Ir].[Ir].[Na+].[Na+].[c-]1ccccc1-c1nnc(-c2ccccc2)nn1.[c-]1ccccc1-c1nnc(-c2ccccc2)nn1. The zero-order chi connectivity index (χ0) is 52.2. The van der Waals surface area contributed by atoms with Gasteiger partial charge in [-0.15, -0.1) is 92.2 Å². The first-order valence-corrected chi connectivity index (χ1v) is 20.8. The molecule has 0 amide bonds. The van der Waals surface area contributed by atoms with Crippen molar-refractivity contribution in [3.05, 3.63) is 177 Å². The molecule has 0 aliphatic carbocycles. The number of rotatable bonds is 7. The van der Waals surface area contributed by atoms with E-state index in [-0.39, 0.29) is 119 Å². The number of pyridine rings is 2. The second-order valence-corrected chi connectivity index (χ2v) is 14.0. The number of aryl methyl sites for hydroxylation is 2. The molecule has 384 valence electrons. The van der Waals surface area contributed by atoms with Gasteiger partial charge in [-0.1, -0.05) is 60.7 Å². The average molecular weight is 1380 g/mol. The van der Waals surface area contributed by atoms with E-state index in [1.165, 1.54) is 0 Å². The molecule has 4 heterocycles. The van der Waals surface area contributed by atoms with Crippen LogP contribution in [0.5, 0.6) is 0 Å². The number of aliphatic hydroxyl groups excluding tert-OH is 2. The summed E-state index contributed by atoms with van der Waals surface area (Å²) in [4.78, 5) is 40.9. The summed E-state index contributed by atoms with van der Waals surface area (Å²) in [6, 6.07) is 40.3. The molecule has 0 aliphatic rings. The van der Waals surface area contributed by atoms with E-state index in [4.69, 9.17) is 30.5 Å². The van der Waals surface area contributed by atoms with Crippen LogP contribution in [0.3, 0.4) is 0 Å². The molecule has 0 saturated heterocycles. The van der Waals surface area contributed by atoms with E-state index in [1.807, 2.05) is 151 Å². The van der Waals surface area contributed by atoms with E-state index < -0.39 is 11.9 Å². The number of hydrogen-bond donors (Lipinski definition) is 4. The molecule has 23 heteroatoms. The number of aliphatic hydroxyl groups is 2. The fourth-order valence-corrected chi connectivity index (χ4v) is 5.69. The molecule has 4 N–H and O–H groups in total. The van der Waals surface area contributed by atoms with Crippen LogP contribution in [0.2, 0.25) is 0 Å². The third-order valence-corrected chi connectivity index (χ3v) is 9.97. The maximum atomic E-state index is 10.8. The van der Waals surface area contributed by atoms with E-state index in [0.717, 1.165) is 81.2 Å². The zero-order valence-corrected chi connectivity index (χ0v) is 51.7. The number of carbonyl (C=O) groups is 3. The van der Waals surface area contributed by atoms with Gasteiger partial charge in [-0.25, -0.2) is 19.6 Å². The van der Waals surface area contributed by atoms with Gasteiger partial charge in [0.25, 0.3) is 6.47 Å². The number of carboxylic acids is 2. The molecule has 4 aromatic carbocycles. The number of carbonyl (C=O) groups excluding carboxylic acids is 1. The fraction of sp³-hybridized carbons (Fsp3) is 0.196.